The average molecular weight is 488 g/mol. The van der Waals surface area contributed by atoms with Crippen LogP contribution in [0.15, 0.2) is 4.41 Å². The Kier molecular flexibility index (Phi) is 6.24. The monoisotopic (exact) mass is 487 g/mol. The van der Waals surface area contributed by atoms with E-state index in [9.17, 15) is 43.9 Å². The van der Waals surface area contributed by atoms with E-state index >= 15 is 0 Å². The summed E-state index contributed by atoms with van der Waals surface area (Å²) >= 11 is 6.00. The maximum absolute atomic E-state index is 14.4. The summed E-state index contributed by atoms with van der Waals surface area (Å²) in [6.45, 7) is 3.88. The third-order valence-corrected chi connectivity index (χ3v) is 10.6. The lowest BCUT2D eigenvalue weighted by molar-refractivity contribution is 0.383. The van der Waals surface area contributed by atoms with Crippen LogP contribution in [0.3, 0.4) is 0 Å². The molecule has 0 N–H and O–H groups in total. The van der Waals surface area contributed by atoms with E-state index in [2.05, 4.69) is 4.41 Å². The fourth-order valence-corrected chi connectivity index (χ4v) is 11.0. The summed E-state index contributed by atoms with van der Waals surface area (Å²) < 4.78 is 143. The fourth-order valence-electron chi connectivity index (χ4n) is 2.33. The number of rotatable bonds is 3. The van der Waals surface area contributed by atoms with Gasteiger partial charge in [-0.1, -0.05) is 30.9 Å². The predicted octanol–water partition coefficient (Wildman–Crippen LogP) is 6.22. The van der Waals surface area contributed by atoms with Crippen molar-refractivity contribution in [2.24, 2.45) is 4.41 Å². The Bertz CT molecular complexity index is 951. The quantitative estimate of drug-likeness (QED) is 0.160. The van der Waals surface area contributed by atoms with E-state index in [4.69, 9.17) is 11.2 Å². The molecule has 0 spiro atoms. The van der Waals surface area contributed by atoms with Crippen molar-refractivity contribution in [1.29, 1.82) is 0 Å². The van der Waals surface area contributed by atoms with Gasteiger partial charge >= 0.3 is 0 Å². The summed E-state index contributed by atoms with van der Waals surface area (Å²) in [6.07, 6.45) is -5.23. The van der Waals surface area contributed by atoms with Gasteiger partial charge in [0.2, 0.25) is 11.6 Å². The average Bonchev–Trinajstić information content (AvgIpc) is 2.60. The first kappa shape index (κ1) is 23.8. The summed E-state index contributed by atoms with van der Waals surface area (Å²) in [4.78, 5) is 0. The molecule has 0 radical (unpaired) electrons. The van der Waals surface area contributed by atoms with E-state index in [-0.39, 0.29) is 0 Å². The number of hydrogen-bond acceptors (Lipinski definition) is 1. The lowest BCUT2D eigenvalue weighted by Crippen LogP contribution is -2.31. The molecule has 0 heterocycles. The van der Waals surface area contributed by atoms with Crippen LogP contribution in [0, 0.1) is 58.2 Å². The molecule has 0 saturated carbocycles. The first-order chi connectivity index (χ1) is 13.1. The molecule has 29 heavy (non-hydrogen) atoms. The lowest BCUT2D eigenvalue weighted by Gasteiger charge is -2.26. The lowest BCUT2D eigenvalue weighted by atomic mass is 10.3. The highest BCUT2D eigenvalue weighted by atomic mass is 35.7. The first-order valence-electron chi connectivity index (χ1n) is 7.43. The van der Waals surface area contributed by atoms with Crippen molar-refractivity contribution in [3.8, 4) is 0 Å². The van der Waals surface area contributed by atoms with Crippen LogP contribution in [-0.4, -0.2) is 8.24 Å². The predicted molar refractivity (Wildman–Crippen MR) is 90.3 cm³/mol. The number of hydrogen-bond donors (Lipinski definition) is 0. The van der Waals surface area contributed by atoms with Gasteiger partial charge in [0, 0.05) is 0 Å². The van der Waals surface area contributed by atoms with Gasteiger partial charge in [-0.05, 0) is 0 Å². The molecule has 14 heteroatoms. The molecule has 2 aromatic carbocycles. The van der Waals surface area contributed by atoms with Crippen molar-refractivity contribution in [3.63, 3.8) is 0 Å². The Balaban J connectivity index is 3.23. The van der Waals surface area contributed by atoms with Gasteiger partial charge in [-0.2, -0.15) is 0 Å². The van der Waals surface area contributed by atoms with Crippen LogP contribution in [0.2, 0.25) is 19.6 Å². The molecule has 1 nitrogen and oxygen atoms in total. The zero-order valence-corrected chi connectivity index (χ0v) is 17.2. The van der Waals surface area contributed by atoms with Crippen molar-refractivity contribution in [1.82, 2.24) is 0 Å². The molecule has 0 bridgehead atoms. The summed E-state index contributed by atoms with van der Waals surface area (Å²) in [5.74, 6) is -25.6. The maximum atomic E-state index is 14.4. The number of benzene rings is 2. The Morgan fingerprint density at radius 2 is 0.724 bits per heavy atom. The molecule has 0 fully saturated rings. The molecule has 2 aromatic rings. The van der Waals surface area contributed by atoms with Crippen molar-refractivity contribution in [2.45, 2.75) is 19.6 Å². The van der Waals surface area contributed by atoms with Crippen molar-refractivity contribution in [2.75, 3.05) is 0 Å². The van der Waals surface area contributed by atoms with Crippen LogP contribution in [0.5, 0.6) is 0 Å². The second kappa shape index (κ2) is 7.62. The molecule has 0 aliphatic heterocycles. The third-order valence-electron chi connectivity index (χ3n) is 3.40. The molecular formula is C15H9ClF10NPSi. The van der Waals surface area contributed by atoms with Gasteiger partial charge in [-0.15, -0.1) is 0 Å². The summed E-state index contributed by atoms with van der Waals surface area (Å²) in [7, 11) is -3.15. The first-order valence-corrected chi connectivity index (χ1v) is 13.5. The highest BCUT2D eigenvalue weighted by molar-refractivity contribution is 8.03. The smallest absolute Gasteiger partial charge is 0.200 e. The van der Waals surface area contributed by atoms with E-state index in [1.807, 2.05) is 0 Å². The van der Waals surface area contributed by atoms with Crippen molar-refractivity contribution in [3.05, 3.63) is 58.2 Å². The van der Waals surface area contributed by atoms with Gasteiger partial charge in [0.15, 0.2) is 54.8 Å². The molecule has 0 aliphatic rings. The zero-order chi connectivity index (χ0) is 22.6. The standard InChI is InChI=1S/C15H9ClF10NPSi/c1-29(2,3)27-28(16,14-10(23)6(19)4(17)7(20)11(14)24)15-12(25)8(21)5(18)9(22)13(15)26/h1-3H3. The van der Waals surface area contributed by atoms with Gasteiger partial charge in [0.25, 0.3) is 0 Å². The molecule has 0 saturated heterocycles. The van der Waals surface area contributed by atoms with E-state index in [0.29, 0.717) is 0 Å². The summed E-state index contributed by atoms with van der Waals surface area (Å²) in [6, 6.07) is 0. The molecular weight excluding hydrogens is 479 g/mol. The van der Waals surface area contributed by atoms with Crippen LogP contribution in [0.4, 0.5) is 43.9 Å². The Morgan fingerprint density at radius 1 is 0.517 bits per heavy atom. The second-order valence-corrected chi connectivity index (χ2v) is 15.3. The van der Waals surface area contributed by atoms with Gasteiger partial charge in [-0.25, -0.2) is 43.9 Å². The minimum absolute atomic E-state index is 1.29. The van der Waals surface area contributed by atoms with E-state index in [1.54, 1.807) is 0 Å². The minimum atomic E-state index is -5.23. The van der Waals surface area contributed by atoms with E-state index in [1.165, 1.54) is 19.6 Å². The van der Waals surface area contributed by atoms with Gasteiger partial charge in [0.05, 0.1) is 10.6 Å². The molecule has 0 aromatic heterocycles. The summed E-state index contributed by atoms with van der Waals surface area (Å²) in [5.41, 5.74) is 0. The summed E-state index contributed by atoms with van der Waals surface area (Å²) in [5, 5.41) is -3.91. The largest absolute Gasteiger partial charge is 0.316 e. The highest BCUT2D eigenvalue weighted by Crippen LogP contribution is 2.57. The number of nitrogens with zero attached hydrogens (tertiary/aromatic N) is 1. The third kappa shape index (κ3) is 3.82. The zero-order valence-electron chi connectivity index (χ0n) is 14.6. The van der Waals surface area contributed by atoms with Crippen LogP contribution in [0.25, 0.3) is 0 Å². The van der Waals surface area contributed by atoms with E-state index in [0.717, 1.165) is 0 Å². The number of halogens is 11. The molecule has 0 atom stereocenters. The van der Waals surface area contributed by atoms with Crippen LogP contribution >= 0.6 is 17.6 Å². The second-order valence-electron chi connectivity index (χ2n) is 6.66. The molecule has 0 amide bonds. The van der Waals surface area contributed by atoms with Crippen LogP contribution in [-0.2, 0) is 0 Å². The van der Waals surface area contributed by atoms with Crippen LogP contribution in [0.1, 0.15) is 0 Å². The Hall–Kier alpha value is -1.52. The Morgan fingerprint density at radius 3 is 0.931 bits per heavy atom. The van der Waals surface area contributed by atoms with Crippen molar-refractivity contribution >= 4 is 36.5 Å². The van der Waals surface area contributed by atoms with Gasteiger partial charge in [-0.3, -0.25) is 0 Å². The SMILES string of the molecule is C[Si](C)(C)N=P(Cl)(c1c(F)c(F)c(F)c(F)c1F)c1c(F)c(F)c(F)c(F)c1F. The van der Waals surface area contributed by atoms with Crippen molar-refractivity contribution < 1.29 is 43.9 Å². The van der Waals surface area contributed by atoms with Gasteiger partial charge in [0.1, 0.15) is 6.41 Å². The van der Waals surface area contributed by atoms with E-state index < -0.39 is 83.4 Å². The fraction of sp³-hybridized carbons (Fsp3) is 0.200. The Labute approximate surface area is 163 Å². The maximum Gasteiger partial charge on any atom is 0.200 e. The molecule has 0 aliphatic carbocycles. The van der Waals surface area contributed by atoms with Crippen LogP contribution < -0.4 is 10.6 Å². The topological polar surface area (TPSA) is 12.4 Å². The normalized spacial score (nSPS) is 12.5. The molecule has 160 valence electrons. The van der Waals surface area contributed by atoms with Gasteiger partial charge < -0.3 is 4.41 Å². The molecule has 0 unspecified atom stereocenters. The highest BCUT2D eigenvalue weighted by Gasteiger charge is 2.43. The molecule has 2 rings (SSSR count). The minimum Gasteiger partial charge on any atom is -0.316 e.